The minimum Gasteiger partial charge on any atom is -0.508 e. The van der Waals surface area contributed by atoms with E-state index in [1.165, 1.54) is 37.2 Å². The van der Waals surface area contributed by atoms with Crippen LogP contribution in [0.2, 0.25) is 0 Å². The van der Waals surface area contributed by atoms with E-state index in [1.807, 2.05) is 39.8 Å². The number of ether oxygens (including phenoxy) is 2. The van der Waals surface area contributed by atoms with Gasteiger partial charge in [-0.25, -0.2) is 19.6 Å². The van der Waals surface area contributed by atoms with Crippen molar-refractivity contribution in [2.24, 2.45) is 11.8 Å². The summed E-state index contributed by atoms with van der Waals surface area (Å²) in [5, 5.41) is 11.1. The van der Waals surface area contributed by atoms with Gasteiger partial charge in [0.05, 0.1) is 37.1 Å². The van der Waals surface area contributed by atoms with E-state index in [1.54, 1.807) is 48.5 Å². The molecular weight excluding hydrogens is 934 g/mol. The summed E-state index contributed by atoms with van der Waals surface area (Å²) in [7, 11) is -2.86. The number of hydrogen-bond donors (Lipinski definition) is 4. The van der Waals surface area contributed by atoms with Crippen LogP contribution in [0.5, 0.6) is 0 Å². The summed E-state index contributed by atoms with van der Waals surface area (Å²) in [5.74, 6) is -8.20. The van der Waals surface area contributed by atoms with Gasteiger partial charge in [-0.15, -0.1) is 0 Å². The lowest BCUT2D eigenvalue weighted by molar-refractivity contribution is -0.168. The third-order valence-electron chi connectivity index (χ3n) is 11.1. The van der Waals surface area contributed by atoms with Crippen LogP contribution in [0.4, 0.5) is 0 Å². The molecule has 4 aromatic rings. The quantitative estimate of drug-likeness (QED) is 0.0465. The molecule has 4 heterocycles. The summed E-state index contributed by atoms with van der Waals surface area (Å²) >= 11 is 0. The van der Waals surface area contributed by atoms with Crippen LogP contribution < -0.4 is 21.3 Å². The fraction of sp³-hybridized carbons (Fsp3) is 0.417. The maximum atomic E-state index is 13.9. The van der Waals surface area contributed by atoms with Gasteiger partial charge in [-0.05, 0) is 35.8 Å². The Kier molecular flexibility index (Phi) is 19.8. The predicted octanol–water partition coefficient (Wildman–Crippen LogP) is 1.52. The zero-order valence-corrected chi connectivity index (χ0v) is 40.2. The van der Waals surface area contributed by atoms with Gasteiger partial charge in [-0.3, -0.25) is 38.7 Å². The fourth-order valence-electron chi connectivity index (χ4n) is 7.71. The molecule has 2 saturated heterocycles. The van der Waals surface area contributed by atoms with Crippen molar-refractivity contribution in [1.29, 1.82) is 0 Å². The van der Waals surface area contributed by atoms with Crippen molar-refractivity contribution >= 4 is 61.7 Å². The standard InChI is InChI=1S/C48H56B2N8O14/c1-29(2)21-39(57-43(61)33(23-31-11-7-5-8-12-31)55-45(63)35-27-51-15-17-53-35)49-69-37(25-41(59)71-49)47(65)67-19-20-68-48(66)38-26-42(60)72-50(70-38)40(22-30(3)4)58-44(62)34(24-32-13-9-6-10-14-32)56-46(64)36-28-52-16-18-54-36/h5-18,27-30,33-34,37-40H,19-26H2,1-4H3,(H,55,63)(H,56,64)(H,57,61)(H,58,62)/t33-,34-,37+,38?,39-,40-/m0/s1. The topological polar surface area (TPSA) is 292 Å². The highest BCUT2D eigenvalue weighted by Gasteiger charge is 2.47. The highest BCUT2D eigenvalue weighted by atomic mass is 16.7. The van der Waals surface area contributed by atoms with Crippen molar-refractivity contribution < 1.29 is 66.4 Å². The van der Waals surface area contributed by atoms with Crippen LogP contribution in [0.1, 0.15) is 85.5 Å². The summed E-state index contributed by atoms with van der Waals surface area (Å²) in [5.41, 5.74) is 1.47. The average molecular weight is 991 g/mol. The van der Waals surface area contributed by atoms with Crippen LogP contribution in [0, 0.1) is 11.8 Å². The molecule has 378 valence electrons. The molecule has 22 nitrogen and oxygen atoms in total. The lowest BCUT2D eigenvalue weighted by Gasteiger charge is -2.32. The van der Waals surface area contributed by atoms with Gasteiger partial charge in [0, 0.05) is 37.6 Å². The molecule has 0 aliphatic carbocycles. The number of amides is 4. The summed E-state index contributed by atoms with van der Waals surface area (Å²) in [4.78, 5) is 122. The third-order valence-corrected chi connectivity index (χ3v) is 11.1. The van der Waals surface area contributed by atoms with Crippen molar-refractivity contribution in [1.82, 2.24) is 41.2 Å². The number of rotatable bonds is 23. The number of nitrogens with zero attached hydrogens (tertiary/aromatic N) is 4. The molecule has 2 fully saturated rings. The first-order valence-corrected chi connectivity index (χ1v) is 23.5. The monoisotopic (exact) mass is 990 g/mol. The Morgan fingerprint density at radius 2 is 0.972 bits per heavy atom. The van der Waals surface area contributed by atoms with Gasteiger partial charge in [0.2, 0.25) is 11.8 Å². The minimum absolute atomic E-state index is 0.00811. The number of esters is 2. The molecule has 2 aliphatic rings. The third kappa shape index (κ3) is 16.5. The van der Waals surface area contributed by atoms with E-state index in [0.717, 1.165) is 11.1 Å². The molecule has 2 aliphatic heterocycles. The van der Waals surface area contributed by atoms with Crippen molar-refractivity contribution in [2.45, 2.75) is 102 Å². The first-order chi connectivity index (χ1) is 34.6. The lowest BCUT2D eigenvalue weighted by atomic mass is 9.72. The summed E-state index contributed by atoms with van der Waals surface area (Å²) in [6, 6.07) is 15.7. The lowest BCUT2D eigenvalue weighted by Crippen LogP contribution is -2.59. The summed E-state index contributed by atoms with van der Waals surface area (Å²) in [6.45, 7) is 6.50. The molecule has 0 saturated carbocycles. The molecule has 24 heteroatoms. The molecule has 6 atom stereocenters. The zero-order valence-electron chi connectivity index (χ0n) is 40.2. The molecule has 0 bridgehead atoms. The second kappa shape index (κ2) is 26.6. The molecular formula is C48H56B2N8O14. The van der Waals surface area contributed by atoms with Crippen LogP contribution in [0.3, 0.4) is 0 Å². The van der Waals surface area contributed by atoms with Gasteiger partial charge in [0.1, 0.15) is 36.7 Å². The van der Waals surface area contributed by atoms with Crippen LogP contribution in [-0.2, 0) is 69.7 Å². The maximum absolute atomic E-state index is 13.9. The largest absolute Gasteiger partial charge is 0.551 e. The van der Waals surface area contributed by atoms with Crippen LogP contribution in [0.25, 0.3) is 0 Å². The molecule has 0 spiro atoms. The van der Waals surface area contributed by atoms with Gasteiger partial charge in [0.15, 0.2) is 12.2 Å². The molecule has 72 heavy (non-hydrogen) atoms. The molecule has 0 radical (unpaired) electrons. The van der Waals surface area contributed by atoms with E-state index in [4.69, 9.17) is 28.1 Å². The van der Waals surface area contributed by atoms with Gasteiger partial charge in [-0.1, -0.05) is 88.4 Å². The fourth-order valence-corrected chi connectivity index (χ4v) is 7.71. The second-order valence-corrected chi connectivity index (χ2v) is 17.8. The van der Waals surface area contributed by atoms with Crippen LogP contribution >= 0.6 is 0 Å². The zero-order chi connectivity index (χ0) is 51.6. The van der Waals surface area contributed by atoms with E-state index in [-0.39, 0.29) is 48.9 Å². The van der Waals surface area contributed by atoms with Crippen LogP contribution in [0.15, 0.2) is 97.8 Å². The number of nitrogens with one attached hydrogen (secondary N) is 4. The molecule has 1 unspecified atom stereocenters. The maximum Gasteiger partial charge on any atom is 0.551 e. The molecule has 2 aromatic carbocycles. The summed E-state index contributed by atoms with van der Waals surface area (Å²) < 4.78 is 33.5. The Hall–Kier alpha value is -7.59. The number of hydrogen-bond acceptors (Lipinski definition) is 18. The average Bonchev–Trinajstić information content (AvgIpc) is 3.37. The molecule has 2 aromatic heterocycles. The molecule has 6 rings (SSSR count). The Balaban J connectivity index is 1.03. The first kappa shape index (κ1) is 53.8. The Morgan fingerprint density at radius 1 is 0.583 bits per heavy atom. The minimum atomic E-state index is -1.46. The van der Waals surface area contributed by atoms with Crippen LogP contribution in [-0.4, -0.2) is 131 Å². The SMILES string of the molecule is CC(C)C[C@H](NC(=O)[C@H](Cc1ccccc1)NC(=O)c1cnccn1)B1OC(=O)CC(C(=O)OCCOC(=O)[C@H]2CC(=O)OB([C@H](CC(C)C)NC(=O)[C@H](Cc3ccccc3)NC(=O)c3cnccn3)O2)O1. The van der Waals surface area contributed by atoms with E-state index in [2.05, 4.69) is 41.2 Å². The van der Waals surface area contributed by atoms with Crippen molar-refractivity contribution in [3.05, 3.63) is 120 Å². The van der Waals surface area contributed by atoms with Gasteiger partial charge in [-0.2, -0.15) is 0 Å². The Morgan fingerprint density at radius 3 is 1.32 bits per heavy atom. The normalized spacial score (nSPS) is 17.3. The highest BCUT2D eigenvalue weighted by molar-refractivity contribution is 6.50. The van der Waals surface area contributed by atoms with Crippen molar-refractivity contribution in [2.75, 3.05) is 13.2 Å². The number of aromatic nitrogens is 4. The number of benzene rings is 2. The highest BCUT2D eigenvalue weighted by Crippen LogP contribution is 2.22. The van der Waals surface area contributed by atoms with Crippen molar-refractivity contribution in [3.63, 3.8) is 0 Å². The predicted molar refractivity (Wildman–Crippen MR) is 254 cm³/mol. The van der Waals surface area contributed by atoms with Gasteiger partial charge in [0.25, 0.3) is 23.8 Å². The smallest absolute Gasteiger partial charge is 0.508 e. The van der Waals surface area contributed by atoms with E-state index >= 15 is 0 Å². The Bertz CT molecular complexity index is 2310. The number of carbonyl (C=O) groups excluding carboxylic acids is 8. The second-order valence-electron chi connectivity index (χ2n) is 17.8. The van der Waals surface area contributed by atoms with E-state index in [0.29, 0.717) is 0 Å². The molecule has 4 amide bonds. The Labute approximate surface area is 416 Å². The van der Waals surface area contributed by atoms with E-state index in [9.17, 15) is 38.4 Å². The van der Waals surface area contributed by atoms with Crippen molar-refractivity contribution in [3.8, 4) is 0 Å². The molecule has 4 N–H and O–H groups in total. The van der Waals surface area contributed by atoms with Gasteiger partial charge < -0.3 is 49.4 Å². The first-order valence-electron chi connectivity index (χ1n) is 23.5. The van der Waals surface area contributed by atoms with Gasteiger partial charge >= 0.3 is 26.2 Å². The number of carbonyl (C=O) groups is 8. The summed E-state index contributed by atoms with van der Waals surface area (Å²) in [6.07, 6.45) is 4.72. The van der Waals surface area contributed by atoms with E-state index < -0.39 is 124 Å².